The van der Waals surface area contributed by atoms with Gasteiger partial charge >= 0.3 is 5.97 Å². The molecule has 2 aromatic carbocycles. The zero-order valence-corrected chi connectivity index (χ0v) is 15.3. The van der Waals surface area contributed by atoms with E-state index in [4.69, 9.17) is 14.6 Å². The molecule has 136 valence electrons. The van der Waals surface area contributed by atoms with E-state index in [9.17, 15) is 9.35 Å². The predicted molar refractivity (Wildman–Crippen MR) is 99.2 cm³/mol. The summed E-state index contributed by atoms with van der Waals surface area (Å²) < 4.78 is 25.2. The molecule has 1 atom stereocenters. The number of carboxylic acid groups (broad SMARTS) is 1. The molecule has 1 unspecified atom stereocenters. The maximum absolute atomic E-state index is 13.1. The second-order valence-electron chi connectivity index (χ2n) is 5.69. The van der Waals surface area contributed by atoms with Crippen LogP contribution in [0, 0.1) is 0 Å². The molecule has 1 heterocycles. The van der Waals surface area contributed by atoms with Crippen LogP contribution in [-0.4, -0.2) is 33.8 Å². The molecule has 0 spiro atoms. The van der Waals surface area contributed by atoms with Crippen LogP contribution in [0.1, 0.15) is 12.0 Å². The standard InChI is InChI=1S/C19H19NO5S/c1-24-14-4-3-5-16(10-14)26(23)20-12-13(6-9-19(21)22)17-11-15(25-2)7-8-18(17)20/h3-5,7-8,10-12H,6,9H2,1-2H3,(H,21,22). The molecule has 0 fully saturated rings. The monoisotopic (exact) mass is 373 g/mol. The van der Waals surface area contributed by atoms with E-state index in [2.05, 4.69) is 0 Å². The number of nitrogens with zero attached hydrogens (tertiary/aromatic N) is 1. The fourth-order valence-corrected chi connectivity index (χ4v) is 3.97. The zero-order valence-electron chi connectivity index (χ0n) is 14.5. The fraction of sp³-hybridized carbons (Fsp3) is 0.211. The second-order valence-corrected chi connectivity index (χ2v) is 7.05. The summed E-state index contributed by atoms with van der Waals surface area (Å²) >= 11 is -1.49. The number of rotatable bonds is 7. The van der Waals surface area contributed by atoms with Crippen molar-refractivity contribution in [2.45, 2.75) is 17.7 Å². The van der Waals surface area contributed by atoms with Crippen LogP contribution in [0.3, 0.4) is 0 Å². The van der Waals surface area contributed by atoms with E-state index in [0.29, 0.717) is 22.8 Å². The van der Waals surface area contributed by atoms with Crippen LogP contribution >= 0.6 is 0 Å². The minimum Gasteiger partial charge on any atom is -0.587 e. The van der Waals surface area contributed by atoms with Crippen molar-refractivity contribution in [3.05, 3.63) is 54.2 Å². The predicted octanol–water partition coefficient (Wildman–Crippen LogP) is 3.25. The lowest BCUT2D eigenvalue weighted by molar-refractivity contribution is -0.136. The Balaban J connectivity index is 2.07. The van der Waals surface area contributed by atoms with Gasteiger partial charge in [-0.25, -0.2) is 0 Å². The number of carboxylic acids is 1. The van der Waals surface area contributed by atoms with Crippen molar-refractivity contribution in [1.82, 2.24) is 3.97 Å². The van der Waals surface area contributed by atoms with Crippen molar-refractivity contribution in [1.29, 1.82) is 0 Å². The lowest BCUT2D eigenvalue weighted by atomic mass is 10.1. The molecule has 1 N–H and O–H groups in total. The molecule has 0 saturated carbocycles. The van der Waals surface area contributed by atoms with Crippen LogP contribution in [0.25, 0.3) is 10.9 Å². The van der Waals surface area contributed by atoms with E-state index in [1.807, 2.05) is 12.1 Å². The van der Waals surface area contributed by atoms with E-state index in [1.54, 1.807) is 54.7 Å². The minimum atomic E-state index is -1.49. The fourth-order valence-electron chi connectivity index (χ4n) is 2.77. The van der Waals surface area contributed by atoms with Crippen molar-refractivity contribution in [2.24, 2.45) is 0 Å². The molecular formula is C19H19NO5S. The van der Waals surface area contributed by atoms with Gasteiger partial charge in [0.25, 0.3) is 0 Å². The second kappa shape index (κ2) is 7.72. The Morgan fingerprint density at radius 2 is 1.88 bits per heavy atom. The van der Waals surface area contributed by atoms with Gasteiger partial charge in [0.05, 0.1) is 25.9 Å². The number of carbonyl (C=O) groups is 1. The highest BCUT2D eigenvalue weighted by atomic mass is 32.2. The number of aromatic nitrogens is 1. The Hall–Kier alpha value is -2.64. The molecule has 26 heavy (non-hydrogen) atoms. The summed E-state index contributed by atoms with van der Waals surface area (Å²) in [6.07, 6.45) is 2.10. The lowest BCUT2D eigenvalue weighted by Gasteiger charge is -2.12. The van der Waals surface area contributed by atoms with E-state index in [1.165, 1.54) is 0 Å². The highest BCUT2D eigenvalue weighted by molar-refractivity contribution is 7.90. The summed E-state index contributed by atoms with van der Waals surface area (Å²) in [5.74, 6) is 0.418. The van der Waals surface area contributed by atoms with Crippen LogP contribution in [0.2, 0.25) is 0 Å². The Bertz CT molecular complexity index is 937. The molecule has 3 aromatic rings. The summed E-state index contributed by atoms with van der Waals surface area (Å²) in [5.41, 5.74) is 1.57. The molecule has 0 aliphatic carbocycles. The van der Waals surface area contributed by atoms with E-state index in [-0.39, 0.29) is 6.42 Å². The molecule has 0 radical (unpaired) electrons. The van der Waals surface area contributed by atoms with Gasteiger partial charge in [0.2, 0.25) is 0 Å². The number of aryl methyl sites for hydroxylation is 1. The van der Waals surface area contributed by atoms with E-state index >= 15 is 0 Å². The van der Waals surface area contributed by atoms with Gasteiger partial charge in [-0.3, -0.25) is 4.79 Å². The number of ether oxygens (including phenoxy) is 2. The van der Waals surface area contributed by atoms with Crippen molar-refractivity contribution in [3.63, 3.8) is 0 Å². The summed E-state index contributed by atoms with van der Waals surface area (Å²) in [6, 6.07) is 12.5. The number of hydrogen-bond acceptors (Lipinski definition) is 4. The maximum atomic E-state index is 13.1. The summed E-state index contributed by atoms with van der Waals surface area (Å²) in [6.45, 7) is 0. The van der Waals surface area contributed by atoms with Gasteiger partial charge in [0, 0.05) is 17.9 Å². The summed E-state index contributed by atoms with van der Waals surface area (Å²) in [7, 11) is 3.13. The third kappa shape index (κ3) is 3.63. The van der Waals surface area contributed by atoms with Gasteiger partial charge in [0.1, 0.15) is 22.9 Å². The normalized spacial score (nSPS) is 12.1. The van der Waals surface area contributed by atoms with Crippen molar-refractivity contribution in [3.8, 4) is 11.5 Å². The van der Waals surface area contributed by atoms with E-state index < -0.39 is 17.3 Å². The molecule has 6 nitrogen and oxygen atoms in total. The third-order valence-electron chi connectivity index (χ3n) is 4.09. The smallest absolute Gasteiger partial charge is 0.303 e. The van der Waals surface area contributed by atoms with Gasteiger partial charge in [-0.1, -0.05) is 6.07 Å². The minimum absolute atomic E-state index is 0.00210. The Labute approximate surface area is 154 Å². The van der Waals surface area contributed by atoms with Crippen molar-refractivity contribution in [2.75, 3.05) is 14.2 Å². The number of fused-ring (bicyclic) bond motifs is 1. The molecule has 0 saturated heterocycles. The van der Waals surface area contributed by atoms with Crippen LogP contribution < -0.4 is 9.47 Å². The first kappa shape index (κ1) is 18.2. The van der Waals surface area contributed by atoms with Crippen LogP contribution in [-0.2, 0) is 22.6 Å². The SMILES string of the molecule is COc1cccc([S+]([O-])n2cc(CCC(=O)O)c3cc(OC)ccc32)c1. The van der Waals surface area contributed by atoms with E-state index in [0.717, 1.165) is 16.5 Å². The van der Waals surface area contributed by atoms with Gasteiger partial charge in [-0.2, -0.15) is 3.97 Å². The average molecular weight is 373 g/mol. The molecule has 0 aliphatic rings. The lowest BCUT2D eigenvalue weighted by Crippen LogP contribution is -2.12. The van der Waals surface area contributed by atoms with Gasteiger partial charge in [-0.05, 0) is 42.3 Å². The van der Waals surface area contributed by atoms with Crippen LogP contribution in [0.4, 0.5) is 0 Å². The van der Waals surface area contributed by atoms with Gasteiger partial charge < -0.3 is 19.1 Å². The largest absolute Gasteiger partial charge is 0.587 e. The van der Waals surface area contributed by atoms with Crippen LogP contribution in [0.15, 0.2) is 53.6 Å². The van der Waals surface area contributed by atoms with Crippen molar-refractivity contribution >= 4 is 28.2 Å². The van der Waals surface area contributed by atoms with Gasteiger partial charge in [0.15, 0.2) is 4.90 Å². The molecular weight excluding hydrogens is 354 g/mol. The highest BCUT2D eigenvalue weighted by Crippen LogP contribution is 2.30. The quantitative estimate of drug-likeness (QED) is 0.643. The Morgan fingerprint density at radius 1 is 1.15 bits per heavy atom. The zero-order chi connectivity index (χ0) is 18.7. The number of benzene rings is 2. The Morgan fingerprint density at radius 3 is 2.58 bits per heavy atom. The topological polar surface area (TPSA) is 83.8 Å². The van der Waals surface area contributed by atoms with Gasteiger partial charge in [-0.15, -0.1) is 0 Å². The molecule has 1 aromatic heterocycles. The molecule has 0 bridgehead atoms. The highest BCUT2D eigenvalue weighted by Gasteiger charge is 2.21. The van der Waals surface area contributed by atoms with Crippen LogP contribution in [0.5, 0.6) is 11.5 Å². The maximum Gasteiger partial charge on any atom is 0.303 e. The number of hydrogen-bond donors (Lipinski definition) is 1. The molecule has 3 rings (SSSR count). The number of methoxy groups -OCH3 is 2. The van der Waals surface area contributed by atoms with Crippen molar-refractivity contribution < 1.29 is 23.9 Å². The summed E-state index contributed by atoms with van der Waals surface area (Å²) in [5, 5.41) is 9.83. The first-order valence-electron chi connectivity index (χ1n) is 7.99. The molecule has 7 heteroatoms. The summed E-state index contributed by atoms with van der Waals surface area (Å²) in [4.78, 5) is 11.6. The third-order valence-corrected chi connectivity index (χ3v) is 5.41. The Kier molecular flexibility index (Phi) is 5.39. The first-order chi connectivity index (χ1) is 12.5. The average Bonchev–Trinajstić information content (AvgIpc) is 3.03. The molecule has 0 amide bonds. The number of aliphatic carboxylic acids is 1. The first-order valence-corrected chi connectivity index (χ1v) is 9.10. The molecule has 0 aliphatic heterocycles.